The minimum Gasteiger partial charge on any atom is -0.493 e. The van der Waals surface area contributed by atoms with Gasteiger partial charge in [0.1, 0.15) is 5.75 Å². The second-order valence-corrected chi connectivity index (χ2v) is 9.52. The fraction of sp³-hybridized carbons (Fsp3) is 0.480. The molecule has 168 valence electrons. The molecule has 2 aromatic rings. The average molecular weight is 427 g/mol. The van der Waals surface area contributed by atoms with Gasteiger partial charge < -0.3 is 25.6 Å². The number of aliphatic hydroxyl groups is 1. The summed E-state index contributed by atoms with van der Waals surface area (Å²) in [6, 6.07) is 15.4. The van der Waals surface area contributed by atoms with Gasteiger partial charge in [0.2, 0.25) is 0 Å². The highest BCUT2D eigenvalue weighted by atomic mass is 16.5. The second kappa shape index (κ2) is 10.2. The van der Waals surface area contributed by atoms with Gasteiger partial charge in [0.05, 0.1) is 18.8 Å². The normalized spacial score (nSPS) is 17.9. The van der Waals surface area contributed by atoms with Crippen molar-refractivity contribution in [3.8, 4) is 5.75 Å². The largest absolute Gasteiger partial charge is 0.493 e. The molecule has 4 N–H and O–H groups in total. The Morgan fingerprint density at radius 2 is 1.90 bits per heavy atom. The number of amides is 1. The van der Waals surface area contributed by atoms with Gasteiger partial charge in [-0.15, -0.1) is 0 Å². The predicted molar refractivity (Wildman–Crippen MR) is 122 cm³/mol. The van der Waals surface area contributed by atoms with Crippen LogP contribution in [-0.4, -0.2) is 41.6 Å². The summed E-state index contributed by atoms with van der Waals surface area (Å²) in [5.74, 6) is 0.875. The van der Waals surface area contributed by atoms with Crippen molar-refractivity contribution >= 4 is 6.09 Å². The number of fused-ring (bicyclic) bond motifs is 1. The molecule has 1 heterocycles. The van der Waals surface area contributed by atoms with Crippen molar-refractivity contribution in [3.05, 3.63) is 65.2 Å². The lowest BCUT2D eigenvalue weighted by Crippen LogP contribution is -2.49. The maximum Gasteiger partial charge on any atom is 0.404 e. The van der Waals surface area contributed by atoms with Gasteiger partial charge in [0.15, 0.2) is 0 Å². The predicted octanol–water partition coefficient (Wildman–Crippen LogP) is 3.93. The van der Waals surface area contributed by atoms with Crippen LogP contribution in [-0.2, 0) is 12.8 Å². The van der Waals surface area contributed by atoms with Crippen molar-refractivity contribution in [1.29, 1.82) is 0 Å². The molecule has 31 heavy (non-hydrogen) atoms. The summed E-state index contributed by atoms with van der Waals surface area (Å²) in [7, 11) is 0. The topological polar surface area (TPSA) is 90.8 Å². The highest BCUT2D eigenvalue weighted by Gasteiger charge is 2.26. The first-order valence-corrected chi connectivity index (χ1v) is 10.9. The van der Waals surface area contributed by atoms with E-state index in [4.69, 9.17) is 4.74 Å². The Morgan fingerprint density at radius 1 is 1.16 bits per heavy atom. The van der Waals surface area contributed by atoms with E-state index < -0.39 is 18.2 Å². The third-order valence-corrected chi connectivity index (χ3v) is 5.49. The molecule has 0 aromatic heterocycles. The smallest absolute Gasteiger partial charge is 0.404 e. The summed E-state index contributed by atoms with van der Waals surface area (Å²) in [5, 5.41) is 25.9. The lowest BCUT2D eigenvalue weighted by atomic mass is 9.86. The zero-order chi connectivity index (χ0) is 22.4. The summed E-state index contributed by atoms with van der Waals surface area (Å²) in [6.07, 6.45) is 0.200. The van der Waals surface area contributed by atoms with Crippen LogP contribution in [0.25, 0.3) is 0 Å². The highest BCUT2D eigenvalue weighted by molar-refractivity contribution is 5.65. The fourth-order valence-corrected chi connectivity index (χ4v) is 4.09. The minimum absolute atomic E-state index is 0.0560. The van der Waals surface area contributed by atoms with E-state index in [0.717, 1.165) is 29.7 Å². The van der Waals surface area contributed by atoms with Crippen LogP contribution >= 0.6 is 0 Å². The molecule has 0 fully saturated rings. The van der Waals surface area contributed by atoms with Crippen LogP contribution < -0.4 is 15.4 Å². The minimum atomic E-state index is -1.14. The standard InChI is InChI=1S/C25H34N2O4/c1-25(2,3)15-18-9-10-23-19(13-18)20(11-12-31-23)26-16-22(28)21(27-24(29)30)14-17-7-5-4-6-8-17/h4-10,13,20-22,26-28H,11-12,14-16H2,1-3H3,(H,29,30)/t20-,21-,22+/m0/s1. The van der Waals surface area contributed by atoms with Gasteiger partial charge in [-0.05, 0) is 35.4 Å². The molecule has 6 nitrogen and oxygen atoms in total. The van der Waals surface area contributed by atoms with Crippen LogP contribution in [0.4, 0.5) is 4.79 Å². The zero-order valence-electron chi connectivity index (χ0n) is 18.6. The van der Waals surface area contributed by atoms with E-state index in [2.05, 4.69) is 43.5 Å². The van der Waals surface area contributed by atoms with Gasteiger partial charge in [-0.3, -0.25) is 0 Å². The SMILES string of the molecule is CC(C)(C)Cc1ccc2c(c1)[C@@H](NC[C@@H](O)[C@H](Cc1ccccc1)NC(=O)O)CCO2. The molecular formula is C25H34N2O4. The Bertz CT molecular complexity index is 864. The van der Waals surface area contributed by atoms with Gasteiger partial charge in [0, 0.05) is 24.6 Å². The third-order valence-electron chi connectivity index (χ3n) is 5.49. The molecule has 0 spiro atoms. The van der Waals surface area contributed by atoms with Crippen LogP contribution in [0.5, 0.6) is 5.75 Å². The Morgan fingerprint density at radius 3 is 2.58 bits per heavy atom. The Hall–Kier alpha value is -2.57. The summed E-state index contributed by atoms with van der Waals surface area (Å²) in [4.78, 5) is 11.3. The van der Waals surface area contributed by atoms with E-state index in [1.807, 2.05) is 36.4 Å². The molecule has 1 aliphatic rings. The summed E-state index contributed by atoms with van der Waals surface area (Å²) < 4.78 is 5.83. The van der Waals surface area contributed by atoms with Gasteiger partial charge >= 0.3 is 6.09 Å². The lowest BCUT2D eigenvalue weighted by molar-refractivity contribution is 0.112. The molecular weight excluding hydrogens is 392 g/mol. The van der Waals surface area contributed by atoms with Crippen LogP contribution in [0.3, 0.4) is 0 Å². The summed E-state index contributed by atoms with van der Waals surface area (Å²) in [6.45, 7) is 7.55. The van der Waals surface area contributed by atoms with E-state index in [-0.39, 0.29) is 18.0 Å². The number of hydrogen-bond acceptors (Lipinski definition) is 4. The molecule has 6 heteroatoms. The summed E-state index contributed by atoms with van der Waals surface area (Å²) >= 11 is 0. The van der Waals surface area contributed by atoms with Crippen LogP contribution in [0.1, 0.15) is 49.9 Å². The van der Waals surface area contributed by atoms with Crippen LogP contribution in [0, 0.1) is 5.41 Å². The van der Waals surface area contributed by atoms with Crippen molar-refractivity contribution in [1.82, 2.24) is 10.6 Å². The fourth-order valence-electron chi connectivity index (χ4n) is 4.09. The molecule has 2 aromatic carbocycles. The van der Waals surface area contributed by atoms with E-state index in [9.17, 15) is 15.0 Å². The monoisotopic (exact) mass is 426 g/mol. The molecule has 0 bridgehead atoms. The Labute approximate surface area is 184 Å². The highest BCUT2D eigenvalue weighted by Crippen LogP contribution is 2.34. The second-order valence-electron chi connectivity index (χ2n) is 9.52. The molecule has 0 saturated heterocycles. The number of benzene rings is 2. The van der Waals surface area contributed by atoms with E-state index in [1.165, 1.54) is 5.56 Å². The molecule has 3 rings (SSSR count). The van der Waals surface area contributed by atoms with Crippen molar-refractivity contribution in [2.75, 3.05) is 13.2 Å². The van der Waals surface area contributed by atoms with Crippen molar-refractivity contribution < 1.29 is 19.7 Å². The molecule has 1 amide bonds. The van der Waals surface area contributed by atoms with Gasteiger partial charge in [-0.25, -0.2) is 4.79 Å². The van der Waals surface area contributed by atoms with E-state index >= 15 is 0 Å². The zero-order valence-corrected chi connectivity index (χ0v) is 18.6. The van der Waals surface area contributed by atoms with Crippen molar-refractivity contribution in [3.63, 3.8) is 0 Å². The number of carbonyl (C=O) groups is 1. The van der Waals surface area contributed by atoms with E-state index in [0.29, 0.717) is 13.0 Å². The Kier molecular flexibility index (Phi) is 7.57. The number of ether oxygens (including phenoxy) is 1. The van der Waals surface area contributed by atoms with Gasteiger partial charge in [-0.2, -0.15) is 0 Å². The lowest BCUT2D eigenvalue weighted by Gasteiger charge is -2.30. The Balaban J connectivity index is 1.68. The maximum absolute atomic E-state index is 11.3. The first-order valence-electron chi connectivity index (χ1n) is 10.9. The van der Waals surface area contributed by atoms with Crippen molar-refractivity contribution in [2.45, 2.75) is 58.2 Å². The molecule has 1 aliphatic heterocycles. The van der Waals surface area contributed by atoms with Crippen molar-refractivity contribution in [2.24, 2.45) is 5.41 Å². The number of rotatable bonds is 8. The quantitative estimate of drug-likeness (QED) is 0.514. The van der Waals surface area contributed by atoms with E-state index in [1.54, 1.807) is 0 Å². The van der Waals surface area contributed by atoms with Crippen LogP contribution in [0.2, 0.25) is 0 Å². The van der Waals surface area contributed by atoms with Crippen LogP contribution in [0.15, 0.2) is 48.5 Å². The average Bonchev–Trinajstić information content (AvgIpc) is 2.71. The maximum atomic E-state index is 11.3. The summed E-state index contributed by atoms with van der Waals surface area (Å²) in [5.41, 5.74) is 3.53. The van der Waals surface area contributed by atoms with Gasteiger partial charge in [-0.1, -0.05) is 63.2 Å². The third kappa shape index (κ3) is 6.97. The molecule has 3 atom stereocenters. The first kappa shape index (κ1) is 23.1. The molecule has 0 radical (unpaired) electrons. The molecule has 0 aliphatic carbocycles. The number of nitrogens with one attached hydrogen (secondary N) is 2. The number of hydrogen-bond donors (Lipinski definition) is 4. The first-order chi connectivity index (χ1) is 14.7. The van der Waals surface area contributed by atoms with Gasteiger partial charge in [0.25, 0.3) is 0 Å². The number of aliphatic hydroxyl groups excluding tert-OH is 1. The molecule has 0 saturated carbocycles. The molecule has 0 unspecified atom stereocenters. The number of carboxylic acid groups (broad SMARTS) is 1.